The Morgan fingerprint density at radius 1 is 1.11 bits per heavy atom. The van der Waals surface area contributed by atoms with Crippen LogP contribution in [0, 0.1) is 0 Å². The highest BCUT2D eigenvalue weighted by Crippen LogP contribution is 2.33. The summed E-state index contributed by atoms with van der Waals surface area (Å²) in [5.41, 5.74) is 3.18. The van der Waals surface area contributed by atoms with E-state index in [1.807, 2.05) is 19.1 Å². The molecule has 1 aromatic carbocycles. The Kier molecular flexibility index (Phi) is 6.35. The van der Waals surface area contributed by atoms with Gasteiger partial charge in [-0.15, -0.1) is 0 Å². The van der Waals surface area contributed by atoms with Gasteiger partial charge in [-0.2, -0.15) is 10.2 Å². The van der Waals surface area contributed by atoms with Gasteiger partial charge in [-0.05, 0) is 42.8 Å². The minimum atomic E-state index is -0.439. The number of carbonyl (C=O) groups is 1. The number of pyridine rings is 2. The quantitative estimate of drug-likeness (QED) is 0.309. The van der Waals surface area contributed by atoms with E-state index in [0.29, 0.717) is 44.5 Å². The van der Waals surface area contributed by atoms with E-state index < -0.39 is 6.10 Å². The number of aromatic amines is 1. The maximum atomic E-state index is 13.0. The van der Waals surface area contributed by atoms with Crippen molar-refractivity contribution in [1.29, 1.82) is 0 Å². The van der Waals surface area contributed by atoms with Crippen LogP contribution in [-0.4, -0.2) is 35.9 Å². The Morgan fingerprint density at radius 3 is 2.66 bits per heavy atom. The number of hydrogen-bond acceptors (Lipinski definition) is 6. The van der Waals surface area contributed by atoms with Crippen LogP contribution in [0.15, 0.2) is 67.5 Å². The second-order valence-electron chi connectivity index (χ2n) is 7.79. The normalized spacial score (nSPS) is 12.0. The number of hydrogen-bond donors (Lipinski definition) is 2. The second-order valence-corrected chi connectivity index (χ2v) is 8.61. The van der Waals surface area contributed by atoms with Crippen LogP contribution in [0.3, 0.4) is 0 Å². The topological polar surface area (TPSA) is 111 Å². The summed E-state index contributed by atoms with van der Waals surface area (Å²) in [7, 11) is 0. The first-order chi connectivity index (χ1) is 17.0. The van der Waals surface area contributed by atoms with Gasteiger partial charge in [0.25, 0.3) is 5.91 Å². The summed E-state index contributed by atoms with van der Waals surface area (Å²) in [5, 5.41) is 15.7. The molecule has 176 valence electrons. The van der Waals surface area contributed by atoms with Crippen molar-refractivity contribution in [1.82, 2.24) is 29.9 Å². The second kappa shape index (κ2) is 9.73. The van der Waals surface area contributed by atoms with E-state index in [2.05, 4.69) is 30.6 Å². The number of carbonyl (C=O) groups excluding carboxylic acids is 1. The first kappa shape index (κ1) is 22.8. The Bertz CT molecular complexity index is 1480. The van der Waals surface area contributed by atoms with Crippen molar-refractivity contribution in [3.63, 3.8) is 0 Å². The number of rotatable bonds is 7. The zero-order valence-electron chi connectivity index (χ0n) is 18.4. The number of benzene rings is 1. The summed E-state index contributed by atoms with van der Waals surface area (Å²) in [6.07, 6.45) is 9.39. The highest BCUT2D eigenvalue weighted by atomic mass is 35.5. The summed E-state index contributed by atoms with van der Waals surface area (Å²) in [6, 6.07) is 9.15. The smallest absolute Gasteiger partial charge is 0.276 e. The number of ether oxygens (including phenoxy) is 1. The lowest BCUT2D eigenvalue weighted by Crippen LogP contribution is -2.12. The number of nitrogens with zero attached hydrogens (tertiary/aromatic N) is 5. The molecule has 0 aliphatic heterocycles. The summed E-state index contributed by atoms with van der Waals surface area (Å²) < 4.78 is 7.80. The van der Waals surface area contributed by atoms with Gasteiger partial charge in [0.1, 0.15) is 11.9 Å². The molecule has 11 heteroatoms. The predicted molar refractivity (Wildman–Crippen MR) is 133 cm³/mol. The number of nitrogens with one attached hydrogen (secondary N) is 2. The molecule has 0 saturated heterocycles. The molecule has 1 unspecified atom stereocenters. The van der Waals surface area contributed by atoms with Gasteiger partial charge in [0, 0.05) is 41.9 Å². The number of fused-ring (bicyclic) bond motifs is 1. The van der Waals surface area contributed by atoms with Gasteiger partial charge in [0.05, 0.1) is 34.0 Å². The molecule has 5 aromatic rings. The monoisotopic (exact) mass is 507 g/mol. The molecule has 0 bridgehead atoms. The van der Waals surface area contributed by atoms with Crippen molar-refractivity contribution >= 4 is 45.7 Å². The Labute approximate surface area is 210 Å². The Hall–Kier alpha value is -3.95. The Balaban J connectivity index is 1.33. The molecule has 0 aliphatic carbocycles. The zero-order chi connectivity index (χ0) is 24.4. The van der Waals surface area contributed by atoms with E-state index in [1.54, 1.807) is 47.7 Å². The van der Waals surface area contributed by atoms with Crippen molar-refractivity contribution in [3.8, 4) is 5.75 Å². The lowest BCUT2D eigenvalue weighted by atomic mass is 10.1. The molecular weight excluding hydrogens is 489 g/mol. The molecule has 0 radical (unpaired) electrons. The highest BCUT2D eigenvalue weighted by Gasteiger charge is 2.19. The van der Waals surface area contributed by atoms with Crippen LogP contribution in [-0.2, 0) is 6.54 Å². The van der Waals surface area contributed by atoms with Crippen molar-refractivity contribution in [2.75, 3.05) is 5.32 Å². The fourth-order valence-corrected chi connectivity index (χ4v) is 4.36. The van der Waals surface area contributed by atoms with E-state index in [0.717, 1.165) is 5.56 Å². The molecule has 9 nitrogen and oxygen atoms in total. The number of aromatic nitrogens is 6. The van der Waals surface area contributed by atoms with Crippen LogP contribution < -0.4 is 10.1 Å². The van der Waals surface area contributed by atoms with Crippen LogP contribution >= 0.6 is 23.2 Å². The van der Waals surface area contributed by atoms with Gasteiger partial charge in [-0.1, -0.05) is 23.2 Å². The average Bonchev–Trinajstić information content (AvgIpc) is 3.46. The van der Waals surface area contributed by atoms with Gasteiger partial charge in [-0.3, -0.25) is 24.5 Å². The molecule has 0 fully saturated rings. The van der Waals surface area contributed by atoms with E-state index >= 15 is 0 Å². The largest absolute Gasteiger partial charge is 0.486 e. The third-order valence-corrected chi connectivity index (χ3v) is 5.95. The molecule has 4 aromatic heterocycles. The number of amides is 1. The molecule has 4 heterocycles. The number of H-pyrrole nitrogens is 1. The van der Waals surface area contributed by atoms with Crippen LogP contribution in [0.1, 0.15) is 34.6 Å². The van der Waals surface area contributed by atoms with E-state index in [1.165, 1.54) is 12.4 Å². The SMILES string of the molecule is CC(Oc1ccc2[nH]nc(C(=O)Nc3cnn(Cc4ccncc4)c3)c2c1)c1c(Cl)cncc1Cl. The lowest BCUT2D eigenvalue weighted by Gasteiger charge is -2.17. The number of halogens is 2. The fourth-order valence-electron chi connectivity index (χ4n) is 3.69. The maximum Gasteiger partial charge on any atom is 0.276 e. The Morgan fingerprint density at radius 2 is 1.89 bits per heavy atom. The van der Waals surface area contributed by atoms with Crippen molar-refractivity contribution in [2.24, 2.45) is 0 Å². The minimum Gasteiger partial charge on any atom is -0.486 e. The summed E-state index contributed by atoms with van der Waals surface area (Å²) in [4.78, 5) is 21.0. The molecule has 0 aliphatic rings. The summed E-state index contributed by atoms with van der Waals surface area (Å²) >= 11 is 12.5. The molecule has 1 amide bonds. The van der Waals surface area contributed by atoms with Crippen molar-refractivity contribution in [2.45, 2.75) is 19.6 Å². The van der Waals surface area contributed by atoms with Crippen LogP contribution in [0.25, 0.3) is 10.9 Å². The maximum absolute atomic E-state index is 13.0. The molecular formula is C24H19Cl2N7O2. The first-order valence-electron chi connectivity index (χ1n) is 10.6. The third-order valence-electron chi connectivity index (χ3n) is 5.34. The van der Waals surface area contributed by atoms with Gasteiger partial charge < -0.3 is 10.1 Å². The van der Waals surface area contributed by atoms with Gasteiger partial charge in [0.15, 0.2) is 5.69 Å². The number of anilines is 1. The van der Waals surface area contributed by atoms with Crippen molar-refractivity contribution < 1.29 is 9.53 Å². The first-order valence-corrected chi connectivity index (χ1v) is 11.4. The van der Waals surface area contributed by atoms with E-state index in [-0.39, 0.29) is 11.6 Å². The summed E-state index contributed by atoms with van der Waals surface area (Å²) in [6.45, 7) is 2.40. The zero-order valence-corrected chi connectivity index (χ0v) is 20.0. The summed E-state index contributed by atoms with van der Waals surface area (Å²) in [5.74, 6) is 0.166. The van der Waals surface area contributed by atoms with Crippen LogP contribution in [0.4, 0.5) is 5.69 Å². The minimum absolute atomic E-state index is 0.236. The van der Waals surface area contributed by atoms with Gasteiger partial charge in [0.2, 0.25) is 0 Å². The molecule has 5 rings (SSSR count). The van der Waals surface area contributed by atoms with E-state index in [9.17, 15) is 4.79 Å². The standard InChI is InChI=1S/C24H19Cl2N7O2/c1-14(22-19(25)10-28-11-20(22)26)35-17-2-3-21-18(8-17)23(32-31-21)24(34)30-16-9-29-33(13-16)12-15-4-6-27-7-5-15/h2-11,13-14H,12H2,1H3,(H,30,34)(H,31,32). The predicted octanol–water partition coefficient (Wildman–Crippen LogP) is 5.30. The third kappa shape index (κ3) is 4.96. The lowest BCUT2D eigenvalue weighted by molar-refractivity contribution is 0.102. The fraction of sp³-hybridized carbons (Fsp3) is 0.125. The van der Waals surface area contributed by atoms with Crippen molar-refractivity contribution in [3.05, 3.63) is 94.4 Å². The molecule has 35 heavy (non-hydrogen) atoms. The molecule has 2 N–H and O–H groups in total. The van der Waals surface area contributed by atoms with Crippen LogP contribution in [0.2, 0.25) is 10.0 Å². The van der Waals surface area contributed by atoms with Gasteiger partial charge in [-0.25, -0.2) is 0 Å². The molecule has 0 saturated carbocycles. The van der Waals surface area contributed by atoms with Crippen LogP contribution in [0.5, 0.6) is 5.75 Å². The molecule has 0 spiro atoms. The van der Waals surface area contributed by atoms with E-state index in [4.69, 9.17) is 27.9 Å². The van der Waals surface area contributed by atoms with Gasteiger partial charge >= 0.3 is 0 Å². The highest BCUT2D eigenvalue weighted by molar-refractivity contribution is 6.35. The molecule has 1 atom stereocenters. The average molecular weight is 508 g/mol.